The molecule has 0 radical (unpaired) electrons. The molecule has 0 unspecified atom stereocenters. The van der Waals surface area contributed by atoms with Gasteiger partial charge in [-0.1, -0.05) is 6.07 Å². The number of nitro groups is 1. The van der Waals surface area contributed by atoms with E-state index in [4.69, 9.17) is 0 Å². The Hall–Kier alpha value is -2.21. The van der Waals surface area contributed by atoms with Crippen LogP contribution in [-0.4, -0.2) is 21.2 Å². The molecule has 2 N–H and O–H groups in total. The lowest BCUT2D eigenvalue weighted by Gasteiger charge is -2.29. The second-order valence-electron chi connectivity index (χ2n) is 6.40. The number of fused-ring (bicyclic) bond motifs is 1. The molecular weight excluding hydrogens is 292 g/mol. The predicted molar refractivity (Wildman–Crippen MR) is 88.4 cm³/mol. The van der Waals surface area contributed by atoms with Gasteiger partial charge in [-0.25, -0.2) is 0 Å². The number of nitrogens with zero attached hydrogens (tertiary/aromatic N) is 2. The van der Waals surface area contributed by atoms with Crippen molar-refractivity contribution < 1.29 is 4.92 Å². The molecule has 3 rings (SSSR count). The number of benzene rings is 1. The number of rotatable bonds is 5. The van der Waals surface area contributed by atoms with Crippen LogP contribution in [0.1, 0.15) is 48.3 Å². The molecular formula is C17H22N4O2. The van der Waals surface area contributed by atoms with Crippen LogP contribution >= 0.6 is 0 Å². The molecule has 0 saturated carbocycles. The van der Waals surface area contributed by atoms with Crippen molar-refractivity contribution in [3.8, 4) is 0 Å². The average molecular weight is 314 g/mol. The lowest BCUT2D eigenvalue weighted by atomic mass is 9.87. The topological polar surface area (TPSA) is 83.8 Å². The minimum atomic E-state index is -0.318. The van der Waals surface area contributed by atoms with E-state index in [1.54, 1.807) is 12.1 Å². The smallest absolute Gasteiger partial charge is 0.269 e. The number of non-ortho nitro benzene ring substituents is 1. The highest BCUT2D eigenvalue weighted by Crippen LogP contribution is 2.32. The Balaban J connectivity index is 1.74. The molecule has 1 aromatic heterocycles. The van der Waals surface area contributed by atoms with E-state index >= 15 is 0 Å². The average Bonchev–Trinajstić information content (AvgIpc) is 2.92. The van der Waals surface area contributed by atoms with Crippen LogP contribution in [0, 0.1) is 17.0 Å². The van der Waals surface area contributed by atoms with E-state index in [2.05, 4.69) is 28.5 Å². The van der Waals surface area contributed by atoms with Gasteiger partial charge in [0.15, 0.2) is 0 Å². The first-order valence-corrected chi connectivity index (χ1v) is 8.07. The van der Waals surface area contributed by atoms with Crippen molar-refractivity contribution >= 4 is 5.69 Å². The summed E-state index contributed by atoms with van der Waals surface area (Å²) in [5, 5.41) is 21.9. The number of aryl methyl sites for hydroxylation is 2. The van der Waals surface area contributed by atoms with Crippen LogP contribution in [0.15, 0.2) is 24.3 Å². The van der Waals surface area contributed by atoms with Crippen molar-refractivity contribution in [1.82, 2.24) is 15.5 Å². The Morgan fingerprint density at radius 1 is 1.48 bits per heavy atom. The third kappa shape index (κ3) is 3.59. The number of hydrogen-bond acceptors (Lipinski definition) is 4. The molecule has 23 heavy (non-hydrogen) atoms. The molecule has 2 aromatic rings. The highest BCUT2D eigenvalue weighted by molar-refractivity contribution is 5.42. The summed E-state index contributed by atoms with van der Waals surface area (Å²) in [6, 6.07) is 7.73. The maximum Gasteiger partial charge on any atom is 0.269 e. The molecule has 6 nitrogen and oxygen atoms in total. The minimum absolute atomic E-state index is 0.174. The third-order valence-electron chi connectivity index (χ3n) is 4.41. The molecule has 0 saturated heterocycles. The van der Waals surface area contributed by atoms with Gasteiger partial charge in [-0.15, -0.1) is 0 Å². The Kier molecular flexibility index (Phi) is 4.43. The van der Waals surface area contributed by atoms with Crippen molar-refractivity contribution in [2.45, 2.75) is 51.6 Å². The van der Waals surface area contributed by atoms with E-state index in [1.165, 1.54) is 5.56 Å². The number of aromatic nitrogens is 2. The first-order chi connectivity index (χ1) is 11.0. The van der Waals surface area contributed by atoms with Crippen LogP contribution in [-0.2, 0) is 12.8 Å². The second-order valence-corrected chi connectivity index (χ2v) is 6.40. The summed E-state index contributed by atoms with van der Waals surface area (Å²) in [7, 11) is 0. The number of nitrogens with one attached hydrogen (secondary N) is 2. The zero-order valence-corrected chi connectivity index (χ0v) is 13.5. The minimum Gasteiger partial charge on any atom is -0.307 e. The van der Waals surface area contributed by atoms with Gasteiger partial charge in [0.05, 0.1) is 10.6 Å². The molecule has 1 aliphatic rings. The van der Waals surface area contributed by atoms with Crippen LogP contribution in [0.4, 0.5) is 5.69 Å². The van der Waals surface area contributed by atoms with Crippen molar-refractivity contribution in [2.24, 2.45) is 0 Å². The zero-order chi connectivity index (χ0) is 16.4. The Morgan fingerprint density at radius 3 is 3.00 bits per heavy atom. The van der Waals surface area contributed by atoms with Gasteiger partial charge in [-0.05, 0) is 50.3 Å². The fourth-order valence-corrected chi connectivity index (χ4v) is 3.37. The van der Waals surface area contributed by atoms with E-state index in [0.717, 1.165) is 42.6 Å². The molecule has 6 heteroatoms. The number of H-pyrrole nitrogens is 1. The zero-order valence-electron chi connectivity index (χ0n) is 13.5. The van der Waals surface area contributed by atoms with Crippen LogP contribution in [0.25, 0.3) is 0 Å². The lowest BCUT2D eigenvalue weighted by molar-refractivity contribution is -0.385. The Morgan fingerprint density at radius 2 is 2.30 bits per heavy atom. The molecule has 0 amide bonds. The summed E-state index contributed by atoms with van der Waals surface area (Å²) in [4.78, 5) is 10.7. The van der Waals surface area contributed by atoms with Crippen LogP contribution in [0.3, 0.4) is 0 Å². The summed E-state index contributed by atoms with van der Waals surface area (Å²) < 4.78 is 0. The van der Waals surface area contributed by atoms with Gasteiger partial charge in [-0.2, -0.15) is 5.10 Å². The van der Waals surface area contributed by atoms with Gasteiger partial charge in [0.2, 0.25) is 0 Å². The summed E-state index contributed by atoms with van der Waals surface area (Å²) in [6.45, 7) is 4.13. The van der Waals surface area contributed by atoms with Crippen LogP contribution < -0.4 is 5.32 Å². The molecule has 2 atom stereocenters. The summed E-state index contributed by atoms with van der Waals surface area (Å²) >= 11 is 0. The number of nitro benzene ring substituents is 1. The second kappa shape index (κ2) is 6.50. The van der Waals surface area contributed by atoms with Gasteiger partial charge in [0.25, 0.3) is 5.69 Å². The predicted octanol–water partition coefficient (Wildman–Crippen LogP) is 3.22. The first kappa shape index (κ1) is 15.7. The van der Waals surface area contributed by atoms with E-state index in [1.807, 2.05) is 13.0 Å². The summed E-state index contributed by atoms with van der Waals surface area (Å²) in [6.07, 6.45) is 3.96. The summed E-state index contributed by atoms with van der Waals surface area (Å²) in [5.74, 6) is 0. The molecule has 0 aliphatic heterocycles. The number of aromatic amines is 1. The normalized spacial score (nSPS) is 18.4. The largest absolute Gasteiger partial charge is 0.307 e. The molecule has 0 fully saturated rings. The maximum absolute atomic E-state index is 11.0. The first-order valence-electron chi connectivity index (χ1n) is 8.07. The molecule has 0 spiro atoms. The lowest BCUT2D eigenvalue weighted by Crippen LogP contribution is -2.34. The van der Waals surface area contributed by atoms with E-state index < -0.39 is 0 Å². The van der Waals surface area contributed by atoms with E-state index in [9.17, 15) is 10.1 Å². The van der Waals surface area contributed by atoms with Crippen molar-refractivity contribution in [2.75, 3.05) is 0 Å². The van der Waals surface area contributed by atoms with Gasteiger partial charge >= 0.3 is 0 Å². The quantitative estimate of drug-likeness (QED) is 0.655. The van der Waals surface area contributed by atoms with Crippen molar-refractivity contribution in [3.05, 3.63) is 56.9 Å². The van der Waals surface area contributed by atoms with E-state index in [0.29, 0.717) is 0 Å². The van der Waals surface area contributed by atoms with Crippen molar-refractivity contribution in [3.63, 3.8) is 0 Å². The van der Waals surface area contributed by atoms with Gasteiger partial charge < -0.3 is 5.32 Å². The monoisotopic (exact) mass is 314 g/mol. The number of hydrogen-bond donors (Lipinski definition) is 2. The van der Waals surface area contributed by atoms with Gasteiger partial charge in [0.1, 0.15) is 0 Å². The maximum atomic E-state index is 11.0. The van der Waals surface area contributed by atoms with E-state index in [-0.39, 0.29) is 22.7 Å². The SMILES string of the molecule is Cc1cc(C[C@@H](C)N[C@H]2CCCc3ccc([N+](=O)[O-])cc32)n[nH]1. The Bertz CT molecular complexity index is 710. The molecule has 122 valence electrons. The molecule has 1 heterocycles. The molecule has 1 aliphatic carbocycles. The third-order valence-corrected chi connectivity index (χ3v) is 4.41. The summed E-state index contributed by atoms with van der Waals surface area (Å²) in [5.41, 5.74) is 4.58. The van der Waals surface area contributed by atoms with Gasteiger partial charge in [0, 0.05) is 36.3 Å². The standard InChI is InChI=1S/C17H22N4O2/c1-11(8-14-9-12(2)19-20-14)18-17-5-3-4-13-6-7-15(21(22)23)10-16(13)17/h6-7,9-11,17-18H,3-5,8H2,1-2H3,(H,19,20)/t11-,17+/m1/s1. The highest BCUT2D eigenvalue weighted by atomic mass is 16.6. The van der Waals surface area contributed by atoms with Gasteiger partial charge in [-0.3, -0.25) is 15.2 Å². The highest BCUT2D eigenvalue weighted by Gasteiger charge is 2.24. The fourth-order valence-electron chi connectivity index (χ4n) is 3.37. The Labute approximate surface area is 135 Å². The van der Waals surface area contributed by atoms with Crippen LogP contribution in [0.5, 0.6) is 0 Å². The molecule has 1 aromatic carbocycles. The van der Waals surface area contributed by atoms with Crippen molar-refractivity contribution in [1.29, 1.82) is 0 Å². The van der Waals surface area contributed by atoms with Crippen LogP contribution in [0.2, 0.25) is 0 Å². The fraction of sp³-hybridized carbons (Fsp3) is 0.471. The molecule has 0 bridgehead atoms.